The van der Waals surface area contributed by atoms with E-state index in [1.54, 1.807) is 42.6 Å². The maximum atomic E-state index is 12.7. The SMILES string of the molecule is Cc1[nH]c(/C=C2\C(=O)Nc3ccc(-c4ccc(-c5cccs5)s4)cc32)c(C)c1C(=O)O. The molecule has 4 aromatic rings. The van der Waals surface area contributed by atoms with Gasteiger partial charge in [-0.25, -0.2) is 4.79 Å². The van der Waals surface area contributed by atoms with Crippen LogP contribution < -0.4 is 5.32 Å². The molecule has 1 aliphatic heterocycles. The van der Waals surface area contributed by atoms with E-state index in [2.05, 4.69) is 33.9 Å². The van der Waals surface area contributed by atoms with Crippen molar-refractivity contribution >= 4 is 51.9 Å². The minimum atomic E-state index is -0.978. The molecule has 0 radical (unpaired) electrons. The van der Waals surface area contributed by atoms with Crippen molar-refractivity contribution in [2.45, 2.75) is 13.8 Å². The number of aromatic nitrogens is 1. The summed E-state index contributed by atoms with van der Waals surface area (Å²) in [5.41, 5.74) is 5.21. The number of aromatic amines is 1. The average molecular weight is 447 g/mol. The summed E-state index contributed by atoms with van der Waals surface area (Å²) in [5.74, 6) is -1.17. The monoisotopic (exact) mass is 446 g/mol. The van der Waals surface area contributed by atoms with Crippen LogP contribution >= 0.6 is 22.7 Å². The van der Waals surface area contributed by atoms with Gasteiger partial charge in [-0.2, -0.15) is 0 Å². The fraction of sp³-hybridized carbons (Fsp3) is 0.0833. The van der Waals surface area contributed by atoms with E-state index in [4.69, 9.17) is 0 Å². The van der Waals surface area contributed by atoms with Crippen LogP contribution in [0.2, 0.25) is 0 Å². The van der Waals surface area contributed by atoms with Crippen molar-refractivity contribution in [1.82, 2.24) is 4.98 Å². The molecule has 0 atom stereocenters. The van der Waals surface area contributed by atoms with Gasteiger partial charge in [-0.05, 0) is 66.8 Å². The molecule has 0 aliphatic carbocycles. The highest BCUT2D eigenvalue weighted by Gasteiger charge is 2.26. The van der Waals surface area contributed by atoms with Crippen molar-refractivity contribution in [1.29, 1.82) is 0 Å². The number of thiophene rings is 2. The number of H-pyrrole nitrogens is 1. The van der Waals surface area contributed by atoms with Gasteiger partial charge in [0.25, 0.3) is 5.91 Å². The molecular formula is C24H18N2O3S2. The number of fused-ring (bicyclic) bond motifs is 1. The predicted octanol–water partition coefficient (Wildman–Crippen LogP) is 6.28. The molecule has 1 amide bonds. The molecule has 3 aromatic heterocycles. The van der Waals surface area contributed by atoms with Crippen molar-refractivity contribution in [3.05, 3.63) is 75.9 Å². The second kappa shape index (κ2) is 7.37. The van der Waals surface area contributed by atoms with Crippen LogP contribution in [0, 0.1) is 13.8 Å². The van der Waals surface area contributed by atoms with Gasteiger partial charge < -0.3 is 15.4 Å². The number of rotatable bonds is 4. The van der Waals surface area contributed by atoms with Gasteiger partial charge in [-0.1, -0.05) is 12.1 Å². The first-order valence-electron chi connectivity index (χ1n) is 9.66. The van der Waals surface area contributed by atoms with E-state index in [-0.39, 0.29) is 11.5 Å². The Hall–Kier alpha value is -3.42. The zero-order valence-electron chi connectivity index (χ0n) is 16.8. The van der Waals surface area contributed by atoms with Crippen molar-refractivity contribution in [3.63, 3.8) is 0 Å². The van der Waals surface area contributed by atoms with Crippen LogP contribution in [0.5, 0.6) is 0 Å². The minimum absolute atomic E-state index is 0.193. The number of anilines is 1. The van der Waals surface area contributed by atoms with Crippen LogP contribution in [0.1, 0.15) is 32.9 Å². The molecule has 1 aromatic carbocycles. The van der Waals surface area contributed by atoms with Gasteiger partial charge in [0.1, 0.15) is 0 Å². The molecule has 5 rings (SSSR count). The molecule has 0 spiro atoms. The van der Waals surface area contributed by atoms with Gasteiger partial charge in [0.15, 0.2) is 0 Å². The van der Waals surface area contributed by atoms with Gasteiger partial charge in [0, 0.05) is 37.3 Å². The Bertz CT molecular complexity index is 1370. The van der Waals surface area contributed by atoms with E-state index >= 15 is 0 Å². The minimum Gasteiger partial charge on any atom is -0.478 e. The molecule has 0 fully saturated rings. The number of nitrogens with one attached hydrogen (secondary N) is 2. The summed E-state index contributed by atoms with van der Waals surface area (Å²) in [6.45, 7) is 3.47. The summed E-state index contributed by atoms with van der Waals surface area (Å²) < 4.78 is 0. The van der Waals surface area contributed by atoms with Crippen molar-refractivity contribution in [2.24, 2.45) is 0 Å². The van der Waals surface area contributed by atoms with Crippen molar-refractivity contribution < 1.29 is 14.7 Å². The normalized spacial score (nSPS) is 14.1. The number of carboxylic acid groups (broad SMARTS) is 1. The summed E-state index contributed by atoms with van der Waals surface area (Å²) in [7, 11) is 0. The highest BCUT2D eigenvalue weighted by molar-refractivity contribution is 7.23. The lowest BCUT2D eigenvalue weighted by Gasteiger charge is -2.03. The molecule has 7 heteroatoms. The topological polar surface area (TPSA) is 82.2 Å². The van der Waals surface area contributed by atoms with E-state index in [9.17, 15) is 14.7 Å². The molecule has 5 nitrogen and oxygen atoms in total. The number of carbonyl (C=O) groups excluding carboxylic acids is 1. The van der Waals surface area contributed by atoms with E-state index in [1.807, 2.05) is 24.3 Å². The third-order valence-corrected chi connectivity index (χ3v) is 7.64. The zero-order valence-corrected chi connectivity index (χ0v) is 18.4. The van der Waals surface area contributed by atoms with Crippen LogP contribution in [0.15, 0.2) is 47.8 Å². The molecular weight excluding hydrogens is 428 g/mol. The number of benzene rings is 1. The lowest BCUT2D eigenvalue weighted by molar-refractivity contribution is -0.110. The van der Waals surface area contributed by atoms with E-state index in [0.717, 1.165) is 21.7 Å². The van der Waals surface area contributed by atoms with Crippen LogP contribution in [-0.2, 0) is 4.79 Å². The summed E-state index contributed by atoms with van der Waals surface area (Å²) >= 11 is 3.43. The van der Waals surface area contributed by atoms with E-state index in [0.29, 0.717) is 22.5 Å². The average Bonchev–Trinajstić information content (AvgIpc) is 3.50. The fourth-order valence-electron chi connectivity index (χ4n) is 3.91. The summed E-state index contributed by atoms with van der Waals surface area (Å²) in [6.07, 6.45) is 1.74. The second-order valence-corrected chi connectivity index (χ2v) is 9.41. The molecule has 31 heavy (non-hydrogen) atoms. The predicted molar refractivity (Wildman–Crippen MR) is 127 cm³/mol. The lowest BCUT2D eigenvalue weighted by atomic mass is 10.0. The maximum absolute atomic E-state index is 12.7. The Morgan fingerprint density at radius 1 is 1.06 bits per heavy atom. The Morgan fingerprint density at radius 3 is 2.58 bits per heavy atom. The highest BCUT2D eigenvalue weighted by atomic mass is 32.1. The van der Waals surface area contributed by atoms with Crippen molar-refractivity contribution in [3.8, 4) is 20.2 Å². The van der Waals surface area contributed by atoms with Gasteiger partial charge in [-0.15, -0.1) is 22.7 Å². The molecule has 0 unspecified atom stereocenters. The first-order chi connectivity index (χ1) is 14.9. The summed E-state index contributed by atoms with van der Waals surface area (Å²) in [6, 6.07) is 14.3. The second-order valence-electron chi connectivity index (χ2n) is 7.38. The highest BCUT2D eigenvalue weighted by Crippen LogP contribution is 2.40. The van der Waals surface area contributed by atoms with Crippen molar-refractivity contribution in [2.75, 3.05) is 5.32 Å². The van der Waals surface area contributed by atoms with Crippen LogP contribution in [-0.4, -0.2) is 22.0 Å². The number of aromatic carboxylic acids is 1. The Kier molecular flexibility index (Phi) is 4.64. The third kappa shape index (κ3) is 3.32. The summed E-state index contributed by atoms with van der Waals surface area (Å²) in [4.78, 5) is 30.9. The zero-order chi connectivity index (χ0) is 21.7. The van der Waals surface area contributed by atoms with Gasteiger partial charge in [0.05, 0.1) is 11.1 Å². The number of carboxylic acids is 1. The molecule has 0 saturated heterocycles. The molecule has 3 N–H and O–H groups in total. The van der Waals surface area contributed by atoms with E-state index < -0.39 is 5.97 Å². The Balaban J connectivity index is 1.56. The van der Waals surface area contributed by atoms with Gasteiger partial charge in [-0.3, -0.25) is 4.79 Å². The number of carbonyl (C=O) groups is 2. The Labute approximate surface area is 186 Å². The molecule has 0 saturated carbocycles. The number of amides is 1. The standard InChI is InChI=1S/C24H18N2O3S2/c1-12-18(25-13(2)22(12)24(28)29)11-16-15-10-14(5-6-17(15)26-23(16)27)19-7-8-21(31-19)20-4-3-9-30-20/h3-11,25H,1-2H3,(H,26,27)(H,28,29)/b16-11-. The van der Waals surface area contributed by atoms with E-state index in [1.165, 1.54) is 9.75 Å². The molecule has 0 bridgehead atoms. The third-order valence-electron chi connectivity index (χ3n) is 5.44. The van der Waals surface area contributed by atoms with Crippen LogP contribution in [0.25, 0.3) is 31.8 Å². The Morgan fingerprint density at radius 2 is 1.87 bits per heavy atom. The number of hydrogen-bond donors (Lipinski definition) is 3. The van der Waals surface area contributed by atoms with Gasteiger partial charge >= 0.3 is 5.97 Å². The molecule has 154 valence electrons. The van der Waals surface area contributed by atoms with Gasteiger partial charge in [0.2, 0.25) is 0 Å². The quantitative estimate of drug-likeness (QED) is 0.323. The van der Waals surface area contributed by atoms with Crippen LogP contribution in [0.4, 0.5) is 5.69 Å². The summed E-state index contributed by atoms with van der Waals surface area (Å²) in [5, 5.41) is 14.4. The number of hydrogen-bond acceptors (Lipinski definition) is 4. The fourth-order valence-corrected chi connectivity index (χ4v) is 5.75. The molecule has 1 aliphatic rings. The van der Waals surface area contributed by atoms with Crippen LogP contribution in [0.3, 0.4) is 0 Å². The maximum Gasteiger partial charge on any atom is 0.337 e. The smallest absolute Gasteiger partial charge is 0.337 e. The lowest BCUT2D eigenvalue weighted by Crippen LogP contribution is -2.03. The first-order valence-corrected chi connectivity index (χ1v) is 11.4. The molecule has 4 heterocycles. The number of aryl methyl sites for hydroxylation is 1. The largest absolute Gasteiger partial charge is 0.478 e. The first kappa shape index (κ1) is 19.5.